The Bertz CT molecular complexity index is 2070. The fourth-order valence-corrected chi connectivity index (χ4v) is 9.51. The van der Waals surface area contributed by atoms with Gasteiger partial charge < -0.3 is 15.4 Å². The highest BCUT2D eigenvalue weighted by Gasteiger charge is 2.47. The fraction of sp³-hybridized carbons (Fsp3) is 0.450. The third kappa shape index (κ3) is 9.86. The lowest BCUT2D eigenvalue weighted by Crippen LogP contribution is -2.47. The number of nitrogens with zero attached hydrogens (tertiary/aromatic N) is 4. The van der Waals surface area contributed by atoms with Crippen molar-refractivity contribution in [1.29, 1.82) is 5.26 Å². The maximum atomic E-state index is 13.7. The Morgan fingerprint density at radius 3 is 2.50 bits per heavy atom. The maximum Gasteiger partial charge on any atom is 0.419 e. The smallest absolute Gasteiger partial charge is 0.419 e. The van der Waals surface area contributed by atoms with Crippen molar-refractivity contribution in [2.45, 2.75) is 94.1 Å². The molecule has 0 saturated carbocycles. The zero-order valence-corrected chi connectivity index (χ0v) is 34.3. The number of imide groups is 1. The molecule has 0 aliphatic carbocycles. The number of hydrogen-bond acceptors (Lipinski definition) is 10. The first kappa shape index (κ1) is 44.2. The van der Waals surface area contributed by atoms with E-state index in [1.165, 1.54) is 6.07 Å². The summed E-state index contributed by atoms with van der Waals surface area (Å²) in [5.41, 5.74) is 0.181. The molecule has 4 N–H and O–H groups in total. The van der Waals surface area contributed by atoms with Gasteiger partial charge in [0.15, 0.2) is 5.69 Å². The Hall–Kier alpha value is -4.89. The molecule has 58 heavy (non-hydrogen) atoms. The second-order valence-electron chi connectivity index (χ2n) is 15.0. The Morgan fingerprint density at radius 1 is 1.10 bits per heavy atom. The van der Waals surface area contributed by atoms with Crippen LogP contribution in [-0.4, -0.2) is 70.0 Å². The number of hydrazine groups is 1. The Kier molecular flexibility index (Phi) is 14.0. The molecule has 3 fully saturated rings. The number of amides is 4. The van der Waals surface area contributed by atoms with Crippen LogP contribution >= 0.6 is 23.5 Å². The number of pyridine rings is 1. The molecule has 0 radical (unpaired) electrons. The van der Waals surface area contributed by atoms with E-state index in [9.17, 15) is 32.3 Å². The van der Waals surface area contributed by atoms with Crippen LogP contribution in [0, 0.1) is 17.2 Å². The zero-order chi connectivity index (χ0) is 41.1. The molecule has 4 heterocycles. The molecule has 0 spiro atoms. The highest BCUT2D eigenvalue weighted by atomic mass is 35.5. The first-order chi connectivity index (χ1) is 27.1. The van der Waals surface area contributed by atoms with Gasteiger partial charge in [-0.1, -0.05) is 13.0 Å². The van der Waals surface area contributed by atoms with Crippen LogP contribution in [-0.2, 0) is 31.8 Å². The number of aryl methyl sites for hydroxylation is 1. The second kappa shape index (κ2) is 18.4. The molecular weight excluding hydrogens is 797 g/mol. The van der Waals surface area contributed by atoms with Crippen LogP contribution in [0.4, 0.5) is 30.2 Å². The minimum Gasteiger partial charge on any atom is -0.493 e. The number of carbonyl (C=O) groups is 4. The van der Waals surface area contributed by atoms with Crippen molar-refractivity contribution in [2.75, 3.05) is 35.3 Å². The number of aromatic nitrogens is 1. The number of piperidine rings is 2. The molecule has 2 aromatic carbocycles. The van der Waals surface area contributed by atoms with Crippen molar-refractivity contribution < 1.29 is 37.1 Å². The van der Waals surface area contributed by atoms with E-state index in [2.05, 4.69) is 30.7 Å². The van der Waals surface area contributed by atoms with Crippen LogP contribution < -0.4 is 30.5 Å². The molecule has 4 amide bonds. The second-order valence-corrected chi connectivity index (χ2v) is 17.5. The molecule has 312 valence electrons. The number of halogens is 4. The van der Waals surface area contributed by atoms with Gasteiger partial charge in [-0.2, -0.15) is 23.3 Å². The topological polar surface area (TPSA) is 169 Å². The van der Waals surface area contributed by atoms with E-state index in [-0.39, 0.29) is 48.3 Å². The van der Waals surface area contributed by atoms with Crippen LogP contribution in [0.25, 0.3) is 0 Å². The van der Waals surface area contributed by atoms with Gasteiger partial charge in [0, 0.05) is 22.7 Å². The lowest BCUT2D eigenvalue weighted by Gasteiger charge is -2.35. The SMILES string of the molecule is CCc1cc([SH]2NN(c3cnc(C#N)c(C(F)(F)F)c3)C(=O)C2(C)C)ccc1OCCC1CCN([C@H](C)C(=O)Nc2cccc(N[C@H]3CCC(=O)NC3=O)c2)CC1.Cl. The van der Waals surface area contributed by atoms with Gasteiger partial charge in [-0.3, -0.25) is 29.4 Å². The number of thiol groups is 1. The fourth-order valence-electron chi connectivity index (χ4n) is 7.29. The lowest BCUT2D eigenvalue weighted by molar-refractivity contribution is -0.138. The van der Waals surface area contributed by atoms with Crippen LogP contribution in [0.15, 0.2) is 59.6 Å². The van der Waals surface area contributed by atoms with E-state index < -0.39 is 45.2 Å². The van der Waals surface area contributed by atoms with Crippen LogP contribution in [0.3, 0.4) is 0 Å². The highest BCUT2D eigenvalue weighted by Crippen LogP contribution is 2.52. The first-order valence-electron chi connectivity index (χ1n) is 19.0. The largest absolute Gasteiger partial charge is 0.493 e. The van der Waals surface area contributed by atoms with Crippen molar-refractivity contribution in [3.8, 4) is 11.8 Å². The summed E-state index contributed by atoms with van der Waals surface area (Å²) in [6.07, 6.45) is 0.298. The van der Waals surface area contributed by atoms with Crippen LogP contribution in [0.2, 0.25) is 0 Å². The van der Waals surface area contributed by atoms with Gasteiger partial charge in [0.1, 0.15) is 17.9 Å². The molecule has 1 unspecified atom stereocenters. The van der Waals surface area contributed by atoms with Gasteiger partial charge in [-0.15, -0.1) is 23.5 Å². The predicted molar refractivity (Wildman–Crippen MR) is 218 cm³/mol. The maximum absolute atomic E-state index is 13.7. The molecule has 18 heteroatoms. The summed E-state index contributed by atoms with van der Waals surface area (Å²) in [5, 5.41) is 18.7. The number of hydrogen-bond donors (Lipinski definition) is 5. The molecule has 3 aliphatic rings. The van der Waals surface area contributed by atoms with E-state index in [4.69, 9.17) is 10.00 Å². The molecule has 0 bridgehead atoms. The summed E-state index contributed by atoms with van der Waals surface area (Å²) in [4.78, 5) is 60.2. The van der Waals surface area contributed by atoms with Gasteiger partial charge >= 0.3 is 6.18 Å². The number of nitriles is 1. The van der Waals surface area contributed by atoms with Gasteiger partial charge in [0.2, 0.25) is 17.7 Å². The summed E-state index contributed by atoms with van der Waals surface area (Å²) >= 11 is -1.39. The monoisotopic (exact) mass is 844 g/mol. The Labute approximate surface area is 344 Å². The molecule has 3 aliphatic heterocycles. The number of benzene rings is 2. The summed E-state index contributed by atoms with van der Waals surface area (Å²) in [7, 11) is 0. The number of ether oxygens (including phenoxy) is 1. The predicted octanol–water partition coefficient (Wildman–Crippen LogP) is 6.29. The van der Waals surface area contributed by atoms with E-state index in [1.807, 2.05) is 38.1 Å². The molecule has 1 aromatic heterocycles. The number of nitrogens with one attached hydrogen (secondary N) is 4. The molecule has 6 rings (SSSR count). The molecular formula is C40H48ClF3N8O5S. The van der Waals surface area contributed by atoms with Gasteiger partial charge in [0.25, 0.3) is 5.91 Å². The third-order valence-electron chi connectivity index (χ3n) is 10.8. The lowest BCUT2D eigenvalue weighted by atomic mass is 9.93. The molecule has 3 atom stereocenters. The summed E-state index contributed by atoms with van der Waals surface area (Å²) in [5.74, 6) is -0.00540. The summed E-state index contributed by atoms with van der Waals surface area (Å²) < 4.78 is 46.3. The molecule has 3 saturated heterocycles. The van der Waals surface area contributed by atoms with Crippen molar-refractivity contribution in [3.05, 3.63) is 71.5 Å². The number of rotatable bonds is 12. The number of carbonyl (C=O) groups excluding carboxylic acids is 4. The number of alkyl halides is 3. The van der Waals surface area contributed by atoms with Gasteiger partial charge in [-0.05, 0) is 120 Å². The summed E-state index contributed by atoms with van der Waals surface area (Å²) in [6.45, 7) is 9.46. The average Bonchev–Trinajstić information content (AvgIpc) is 3.42. The van der Waals surface area contributed by atoms with Crippen molar-refractivity contribution in [3.63, 3.8) is 0 Å². The zero-order valence-electron chi connectivity index (χ0n) is 32.6. The highest BCUT2D eigenvalue weighted by molar-refractivity contribution is 8.17. The van der Waals surface area contributed by atoms with Gasteiger partial charge in [-0.25, -0.2) is 9.99 Å². The van der Waals surface area contributed by atoms with Crippen LogP contribution in [0.1, 0.15) is 76.6 Å². The van der Waals surface area contributed by atoms with E-state index >= 15 is 0 Å². The number of anilines is 3. The van der Waals surface area contributed by atoms with E-state index in [1.54, 1.807) is 32.0 Å². The van der Waals surface area contributed by atoms with Crippen molar-refractivity contribution in [2.24, 2.45) is 5.92 Å². The van der Waals surface area contributed by atoms with E-state index in [0.717, 1.165) is 65.8 Å². The van der Waals surface area contributed by atoms with E-state index in [0.29, 0.717) is 36.7 Å². The number of likely N-dealkylation sites (tertiary alicyclic amines) is 1. The minimum absolute atomic E-state index is 0. The summed E-state index contributed by atoms with van der Waals surface area (Å²) in [6, 6.07) is 14.3. The minimum atomic E-state index is -4.81. The Balaban J connectivity index is 0.00000641. The quantitative estimate of drug-likeness (QED) is 0.103. The normalized spacial score (nSPS) is 21.1. The molecule has 3 aromatic rings. The van der Waals surface area contributed by atoms with Crippen molar-refractivity contribution >= 4 is 64.2 Å². The van der Waals surface area contributed by atoms with Crippen LogP contribution in [0.5, 0.6) is 5.75 Å². The molecule has 13 nitrogen and oxygen atoms in total. The van der Waals surface area contributed by atoms with Gasteiger partial charge in [0.05, 0.1) is 34.8 Å². The van der Waals surface area contributed by atoms with Crippen molar-refractivity contribution in [1.82, 2.24) is 20.0 Å². The average molecular weight is 845 g/mol. The third-order valence-corrected chi connectivity index (χ3v) is 13.3. The first-order valence-corrected chi connectivity index (χ1v) is 20.3. The standard InChI is InChI=1S/C40H47F3N8O5S.ClH/c1-5-26-19-30(57-39(3,4)38(55)51(49-57)29-21-31(40(41,42)43)33(22-44)45-23-29)9-11-34(26)56-18-15-25-13-16-50(17-14-25)24(2)36(53)47-28-8-6-7-27(20-28)46-32-10-12-35(52)48-37(32)54;/h6-9,11,19-21,23-25,32,46,49,57H,5,10,12-18H2,1-4H3,(H,47,53)(H,48,52,54);1H/t24-,32+;/m1./s1. The Morgan fingerprint density at radius 2 is 1.83 bits per heavy atom.